The lowest BCUT2D eigenvalue weighted by molar-refractivity contribution is 0.728. The first-order valence-corrected chi connectivity index (χ1v) is 3.76. The number of hydrogen-bond donors (Lipinski definition) is 1. The molecule has 1 rings (SSSR count). The number of nitrogens with zero attached hydrogens (tertiary/aromatic N) is 1. The van der Waals surface area contributed by atoms with Gasteiger partial charge in [-0.05, 0) is 24.8 Å². The van der Waals surface area contributed by atoms with E-state index in [1.165, 1.54) is 12.0 Å². The summed E-state index contributed by atoms with van der Waals surface area (Å²) in [6, 6.07) is 0. The second-order valence-electron chi connectivity index (χ2n) is 2.74. The molecule has 0 amide bonds. The average Bonchev–Trinajstić information content (AvgIpc) is 2.34. The van der Waals surface area contributed by atoms with Gasteiger partial charge < -0.3 is 0 Å². The van der Waals surface area contributed by atoms with Crippen LogP contribution in [-0.2, 0) is 0 Å². The quantitative estimate of drug-likeness (QED) is 0.667. The maximum Gasteiger partial charge on any atom is 0.0625 e. The smallest absolute Gasteiger partial charge is 0.0625 e. The lowest BCUT2D eigenvalue weighted by Gasteiger charge is -2.04. The second-order valence-corrected chi connectivity index (χ2v) is 2.74. The van der Waals surface area contributed by atoms with Gasteiger partial charge in [-0.3, -0.25) is 5.10 Å². The fourth-order valence-corrected chi connectivity index (χ4v) is 1.09. The van der Waals surface area contributed by atoms with E-state index in [4.69, 9.17) is 0 Å². The summed E-state index contributed by atoms with van der Waals surface area (Å²) in [5.41, 5.74) is 2.48. The van der Waals surface area contributed by atoms with Crippen LogP contribution >= 0.6 is 0 Å². The number of rotatable bonds is 2. The summed E-state index contributed by atoms with van der Waals surface area (Å²) >= 11 is 0. The monoisotopic (exact) mass is 138 g/mol. The molecule has 10 heavy (non-hydrogen) atoms. The lowest BCUT2D eigenvalue weighted by atomic mass is 10.0. The molecule has 0 fully saturated rings. The molecule has 2 nitrogen and oxygen atoms in total. The van der Waals surface area contributed by atoms with Crippen LogP contribution in [0.2, 0.25) is 0 Å². The second kappa shape index (κ2) is 2.86. The van der Waals surface area contributed by atoms with E-state index in [1.54, 1.807) is 0 Å². The minimum absolute atomic E-state index is 0.638. The lowest BCUT2D eigenvalue weighted by Crippen LogP contribution is -1.90. The highest BCUT2D eigenvalue weighted by Gasteiger charge is 2.06. The number of aryl methyl sites for hydroxylation is 1. The van der Waals surface area contributed by atoms with Crippen LogP contribution in [0.5, 0.6) is 0 Å². The Balaban J connectivity index is 2.82. The molecular weight excluding hydrogens is 124 g/mol. The Hall–Kier alpha value is -0.790. The Bertz CT molecular complexity index is 203. The molecule has 1 unspecified atom stereocenters. The van der Waals surface area contributed by atoms with E-state index in [0.29, 0.717) is 5.92 Å². The molecule has 1 aromatic heterocycles. The molecule has 2 heteroatoms. The largest absolute Gasteiger partial charge is 0.285 e. The third-order valence-corrected chi connectivity index (χ3v) is 2.01. The highest BCUT2D eigenvalue weighted by atomic mass is 15.1. The van der Waals surface area contributed by atoms with Crippen LogP contribution in [-0.4, -0.2) is 10.2 Å². The van der Waals surface area contributed by atoms with E-state index < -0.39 is 0 Å². The first-order chi connectivity index (χ1) is 4.75. The predicted octanol–water partition coefficient (Wildman–Crippen LogP) is 2.23. The molecule has 0 saturated carbocycles. The molecular formula is C8H14N2. The van der Waals surface area contributed by atoms with Gasteiger partial charge in [-0.1, -0.05) is 13.8 Å². The Kier molecular flexibility index (Phi) is 2.10. The normalized spacial score (nSPS) is 13.5. The molecule has 0 saturated heterocycles. The van der Waals surface area contributed by atoms with Crippen molar-refractivity contribution in [3.63, 3.8) is 0 Å². The number of nitrogens with one attached hydrogen (secondary N) is 1. The third kappa shape index (κ3) is 1.20. The Morgan fingerprint density at radius 1 is 1.70 bits per heavy atom. The summed E-state index contributed by atoms with van der Waals surface area (Å²) in [6.45, 7) is 6.45. The zero-order valence-corrected chi connectivity index (χ0v) is 6.81. The molecule has 0 aliphatic rings. The number of H-pyrrole nitrogens is 1. The van der Waals surface area contributed by atoms with Crippen LogP contribution in [0.4, 0.5) is 0 Å². The Labute approximate surface area is 61.7 Å². The van der Waals surface area contributed by atoms with Gasteiger partial charge in [0.1, 0.15) is 0 Å². The van der Waals surface area contributed by atoms with Crippen LogP contribution in [0.15, 0.2) is 6.20 Å². The van der Waals surface area contributed by atoms with Crippen molar-refractivity contribution in [1.82, 2.24) is 10.2 Å². The fourth-order valence-electron chi connectivity index (χ4n) is 1.09. The molecule has 1 N–H and O–H groups in total. The van der Waals surface area contributed by atoms with Crippen LogP contribution in [0.25, 0.3) is 0 Å². The molecule has 0 spiro atoms. The van der Waals surface area contributed by atoms with Gasteiger partial charge >= 0.3 is 0 Å². The molecule has 0 radical (unpaired) electrons. The molecule has 0 aromatic carbocycles. The number of aromatic nitrogens is 2. The predicted molar refractivity (Wildman–Crippen MR) is 42.0 cm³/mol. The van der Waals surface area contributed by atoms with Crippen LogP contribution in [0.1, 0.15) is 37.4 Å². The van der Waals surface area contributed by atoms with Gasteiger partial charge in [0.05, 0.1) is 5.69 Å². The summed E-state index contributed by atoms with van der Waals surface area (Å²) in [6.07, 6.45) is 3.17. The summed E-state index contributed by atoms with van der Waals surface area (Å²) in [5.74, 6) is 0.638. The first kappa shape index (κ1) is 7.32. The SMILES string of the molecule is CCC(C)c1c[nH]nc1C. The third-order valence-electron chi connectivity index (χ3n) is 2.01. The minimum atomic E-state index is 0.638. The molecule has 1 aromatic rings. The first-order valence-electron chi connectivity index (χ1n) is 3.76. The molecule has 0 aliphatic carbocycles. The fraction of sp³-hybridized carbons (Fsp3) is 0.625. The molecule has 1 atom stereocenters. The van der Waals surface area contributed by atoms with E-state index in [1.807, 2.05) is 13.1 Å². The van der Waals surface area contributed by atoms with Gasteiger partial charge in [-0.15, -0.1) is 0 Å². The summed E-state index contributed by atoms with van der Waals surface area (Å²) in [7, 11) is 0. The van der Waals surface area contributed by atoms with Gasteiger partial charge in [0.25, 0.3) is 0 Å². The molecule has 0 bridgehead atoms. The van der Waals surface area contributed by atoms with E-state index in [9.17, 15) is 0 Å². The maximum atomic E-state index is 4.06. The Morgan fingerprint density at radius 2 is 2.40 bits per heavy atom. The van der Waals surface area contributed by atoms with E-state index in [-0.39, 0.29) is 0 Å². The topological polar surface area (TPSA) is 28.7 Å². The molecule has 1 heterocycles. The zero-order chi connectivity index (χ0) is 7.56. The Morgan fingerprint density at radius 3 is 2.80 bits per heavy atom. The van der Waals surface area contributed by atoms with E-state index >= 15 is 0 Å². The van der Waals surface area contributed by atoms with Crippen LogP contribution < -0.4 is 0 Å². The van der Waals surface area contributed by atoms with Crippen molar-refractivity contribution < 1.29 is 0 Å². The van der Waals surface area contributed by atoms with Crippen molar-refractivity contribution in [2.24, 2.45) is 0 Å². The highest BCUT2D eigenvalue weighted by molar-refractivity contribution is 5.18. The van der Waals surface area contributed by atoms with Gasteiger partial charge in [0.2, 0.25) is 0 Å². The zero-order valence-electron chi connectivity index (χ0n) is 6.81. The van der Waals surface area contributed by atoms with Crippen molar-refractivity contribution in [1.29, 1.82) is 0 Å². The van der Waals surface area contributed by atoms with Crippen molar-refractivity contribution in [2.75, 3.05) is 0 Å². The highest BCUT2D eigenvalue weighted by Crippen LogP contribution is 2.19. The van der Waals surface area contributed by atoms with Crippen LogP contribution in [0, 0.1) is 6.92 Å². The molecule has 56 valence electrons. The summed E-state index contributed by atoms with van der Waals surface area (Å²) in [5, 5.41) is 6.92. The standard InChI is InChI=1S/C8H14N2/c1-4-6(2)8-5-9-10-7(8)3/h5-6H,4H2,1-3H3,(H,9,10). The minimum Gasteiger partial charge on any atom is -0.285 e. The number of aromatic amines is 1. The summed E-state index contributed by atoms with van der Waals surface area (Å²) in [4.78, 5) is 0. The average molecular weight is 138 g/mol. The van der Waals surface area contributed by atoms with Crippen LogP contribution in [0.3, 0.4) is 0 Å². The number of hydrogen-bond acceptors (Lipinski definition) is 1. The van der Waals surface area contributed by atoms with Crippen molar-refractivity contribution in [3.8, 4) is 0 Å². The van der Waals surface area contributed by atoms with Crippen molar-refractivity contribution >= 4 is 0 Å². The van der Waals surface area contributed by atoms with Gasteiger partial charge in [0.15, 0.2) is 0 Å². The summed E-state index contributed by atoms with van der Waals surface area (Å²) < 4.78 is 0. The van der Waals surface area contributed by atoms with Gasteiger partial charge in [-0.25, -0.2) is 0 Å². The maximum absolute atomic E-state index is 4.06. The van der Waals surface area contributed by atoms with E-state index in [2.05, 4.69) is 24.0 Å². The van der Waals surface area contributed by atoms with E-state index in [0.717, 1.165) is 5.69 Å². The van der Waals surface area contributed by atoms with Gasteiger partial charge in [0, 0.05) is 6.20 Å². The van der Waals surface area contributed by atoms with Crippen molar-refractivity contribution in [3.05, 3.63) is 17.5 Å². The van der Waals surface area contributed by atoms with Crippen molar-refractivity contribution in [2.45, 2.75) is 33.1 Å². The molecule has 0 aliphatic heterocycles. The van der Waals surface area contributed by atoms with Gasteiger partial charge in [-0.2, -0.15) is 5.10 Å².